The molecule has 0 bridgehead atoms. The van der Waals surface area contributed by atoms with E-state index in [2.05, 4.69) is 31.4 Å². The molecule has 1 radical (unpaired) electrons. The van der Waals surface area contributed by atoms with Gasteiger partial charge in [0.1, 0.15) is 4.32 Å². The molecule has 0 fully saturated rings. The van der Waals surface area contributed by atoms with Gasteiger partial charge in [0, 0.05) is 13.1 Å². The van der Waals surface area contributed by atoms with E-state index in [1.165, 1.54) is 25.7 Å². The van der Waals surface area contributed by atoms with Crippen molar-refractivity contribution in [1.29, 1.82) is 0 Å². The minimum absolute atomic E-state index is 0. The third-order valence-electron chi connectivity index (χ3n) is 1.83. The summed E-state index contributed by atoms with van der Waals surface area (Å²) in [5.41, 5.74) is 0. The molecule has 0 amide bonds. The van der Waals surface area contributed by atoms with Crippen molar-refractivity contribution in [3.05, 3.63) is 0 Å². The molecule has 0 spiro atoms. The molecule has 0 heterocycles. The first-order chi connectivity index (χ1) is 5.72. The molecular weight excluding hydrogens is 242 g/mol. The molecule has 0 saturated carbocycles. The van der Waals surface area contributed by atoms with Gasteiger partial charge in [0.05, 0.1) is 0 Å². The SMILES string of the molecule is CCCCN(CCCC)C(=S)S.[Fe+3]. The van der Waals surface area contributed by atoms with Crippen LogP contribution < -0.4 is 0 Å². The van der Waals surface area contributed by atoms with E-state index in [0.717, 1.165) is 17.4 Å². The fourth-order valence-corrected chi connectivity index (χ4v) is 1.38. The summed E-state index contributed by atoms with van der Waals surface area (Å²) in [4.78, 5) is 2.19. The molecule has 0 rings (SSSR count). The van der Waals surface area contributed by atoms with Crippen LogP contribution in [0.2, 0.25) is 0 Å². The van der Waals surface area contributed by atoms with Gasteiger partial charge in [-0.3, -0.25) is 0 Å². The van der Waals surface area contributed by atoms with Crippen molar-refractivity contribution in [3.63, 3.8) is 0 Å². The normalized spacial score (nSPS) is 9.15. The maximum Gasteiger partial charge on any atom is 3.00 e. The molecule has 0 aromatic rings. The van der Waals surface area contributed by atoms with E-state index in [9.17, 15) is 0 Å². The predicted molar refractivity (Wildman–Crippen MR) is 63.0 cm³/mol. The van der Waals surface area contributed by atoms with Crippen LogP contribution in [0.5, 0.6) is 0 Å². The molecule has 13 heavy (non-hydrogen) atoms. The molecule has 0 atom stereocenters. The van der Waals surface area contributed by atoms with Crippen LogP contribution >= 0.6 is 24.8 Å². The van der Waals surface area contributed by atoms with Gasteiger partial charge in [-0.15, -0.1) is 12.6 Å². The van der Waals surface area contributed by atoms with Gasteiger partial charge < -0.3 is 4.90 Å². The van der Waals surface area contributed by atoms with Crippen LogP contribution in [0, 0.1) is 0 Å². The van der Waals surface area contributed by atoms with Crippen molar-refractivity contribution in [3.8, 4) is 0 Å². The van der Waals surface area contributed by atoms with Crippen LogP contribution in [0.4, 0.5) is 0 Å². The summed E-state index contributed by atoms with van der Waals surface area (Å²) in [6.45, 7) is 6.52. The average molecular weight is 261 g/mol. The van der Waals surface area contributed by atoms with Gasteiger partial charge in [0.25, 0.3) is 0 Å². The molecule has 0 aliphatic rings. The Morgan fingerprint density at radius 2 is 1.54 bits per heavy atom. The summed E-state index contributed by atoms with van der Waals surface area (Å²) in [6.07, 6.45) is 4.87. The second-order valence-electron chi connectivity index (χ2n) is 2.98. The Kier molecular flexibility index (Phi) is 13.5. The van der Waals surface area contributed by atoms with Crippen molar-refractivity contribution >= 4 is 29.2 Å². The number of hydrogen-bond acceptors (Lipinski definition) is 1. The largest absolute Gasteiger partial charge is 3.00 e. The minimum atomic E-state index is 0. The quantitative estimate of drug-likeness (QED) is 0.444. The molecule has 0 aromatic heterocycles. The zero-order valence-corrected chi connectivity index (χ0v) is 11.2. The number of nitrogens with zero attached hydrogens (tertiary/aromatic N) is 1. The van der Waals surface area contributed by atoms with E-state index < -0.39 is 0 Å². The molecule has 0 saturated heterocycles. The summed E-state index contributed by atoms with van der Waals surface area (Å²) in [6, 6.07) is 0. The predicted octanol–water partition coefficient (Wildman–Crippen LogP) is 3.10. The minimum Gasteiger partial charge on any atom is -0.358 e. The number of unbranched alkanes of at least 4 members (excludes halogenated alkanes) is 2. The summed E-state index contributed by atoms with van der Waals surface area (Å²) < 4.78 is 0.747. The van der Waals surface area contributed by atoms with Crippen molar-refractivity contribution in [2.75, 3.05) is 13.1 Å². The van der Waals surface area contributed by atoms with Crippen molar-refractivity contribution in [1.82, 2.24) is 4.90 Å². The van der Waals surface area contributed by atoms with E-state index in [1.54, 1.807) is 0 Å². The first kappa shape index (κ1) is 16.2. The van der Waals surface area contributed by atoms with Crippen LogP contribution in [-0.4, -0.2) is 22.3 Å². The van der Waals surface area contributed by atoms with Crippen LogP contribution in [0.3, 0.4) is 0 Å². The number of hydrogen-bond donors (Lipinski definition) is 1. The van der Waals surface area contributed by atoms with Crippen molar-refractivity contribution in [2.24, 2.45) is 0 Å². The van der Waals surface area contributed by atoms with Crippen LogP contribution in [0.25, 0.3) is 0 Å². The molecule has 0 aliphatic carbocycles. The van der Waals surface area contributed by atoms with E-state index in [1.807, 2.05) is 0 Å². The summed E-state index contributed by atoms with van der Waals surface area (Å²) in [7, 11) is 0. The summed E-state index contributed by atoms with van der Waals surface area (Å²) in [5, 5.41) is 0. The van der Waals surface area contributed by atoms with E-state index >= 15 is 0 Å². The van der Waals surface area contributed by atoms with Crippen molar-refractivity contribution < 1.29 is 17.1 Å². The van der Waals surface area contributed by atoms with Crippen LogP contribution in [0.15, 0.2) is 0 Å². The standard InChI is InChI=1S/C9H19NS2.Fe/c1-3-5-7-10(9(11)12)8-6-4-2;/h3-8H2,1-2H3,(H,11,12);/q;+3. The van der Waals surface area contributed by atoms with Gasteiger partial charge in [-0.1, -0.05) is 38.9 Å². The molecule has 77 valence electrons. The van der Waals surface area contributed by atoms with Gasteiger partial charge in [-0.25, -0.2) is 0 Å². The van der Waals surface area contributed by atoms with Gasteiger partial charge in [-0.05, 0) is 12.8 Å². The Labute approximate surface area is 104 Å². The molecule has 0 unspecified atom stereocenters. The Morgan fingerprint density at radius 1 is 1.15 bits per heavy atom. The Hall–Kier alpha value is 0.759. The van der Waals surface area contributed by atoms with Crippen LogP contribution in [0.1, 0.15) is 39.5 Å². The topological polar surface area (TPSA) is 3.24 Å². The monoisotopic (exact) mass is 261 g/mol. The molecule has 0 aromatic carbocycles. The maximum absolute atomic E-state index is 5.03. The smallest absolute Gasteiger partial charge is 0.358 e. The third-order valence-corrected chi connectivity index (χ3v) is 2.37. The first-order valence-corrected chi connectivity index (χ1v) is 5.55. The first-order valence-electron chi connectivity index (χ1n) is 4.70. The molecule has 0 N–H and O–H groups in total. The summed E-state index contributed by atoms with van der Waals surface area (Å²) in [5.74, 6) is 0. The molecule has 4 heteroatoms. The van der Waals surface area contributed by atoms with Gasteiger partial charge in [-0.2, -0.15) is 0 Å². The van der Waals surface area contributed by atoms with Crippen LogP contribution in [-0.2, 0) is 17.1 Å². The van der Waals surface area contributed by atoms with Gasteiger partial charge in [0.2, 0.25) is 0 Å². The molecular formula is C9H19FeNS2+3. The van der Waals surface area contributed by atoms with E-state index in [-0.39, 0.29) is 17.1 Å². The molecule has 0 aliphatic heterocycles. The fourth-order valence-electron chi connectivity index (χ4n) is 1.00. The Morgan fingerprint density at radius 3 is 1.77 bits per heavy atom. The number of thiocarbonyl (C=S) groups is 1. The zero-order valence-electron chi connectivity index (χ0n) is 8.40. The Bertz CT molecular complexity index is 123. The van der Waals surface area contributed by atoms with Gasteiger partial charge >= 0.3 is 17.1 Å². The van der Waals surface area contributed by atoms with E-state index in [4.69, 9.17) is 12.2 Å². The fraction of sp³-hybridized carbons (Fsp3) is 0.889. The van der Waals surface area contributed by atoms with Crippen molar-refractivity contribution in [2.45, 2.75) is 39.5 Å². The average Bonchev–Trinajstić information content (AvgIpc) is 2.04. The number of rotatable bonds is 6. The zero-order chi connectivity index (χ0) is 9.40. The third kappa shape index (κ3) is 9.07. The van der Waals surface area contributed by atoms with E-state index in [0.29, 0.717) is 0 Å². The van der Waals surface area contributed by atoms with Gasteiger partial charge in [0.15, 0.2) is 0 Å². The Balaban J connectivity index is 0. The second kappa shape index (κ2) is 10.8. The summed E-state index contributed by atoms with van der Waals surface area (Å²) >= 11 is 9.23. The second-order valence-corrected chi connectivity index (χ2v) is 4.09. The number of thiol groups is 1. The maximum atomic E-state index is 5.03. The molecule has 1 nitrogen and oxygen atoms in total.